The maximum atomic E-state index is 11.5. The molecule has 2 rings (SSSR count). The van der Waals surface area contributed by atoms with Crippen molar-refractivity contribution in [2.45, 2.75) is 6.42 Å². The van der Waals surface area contributed by atoms with Crippen molar-refractivity contribution >= 4 is 11.6 Å². The predicted molar refractivity (Wildman–Crippen MR) is 54.5 cm³/mol. The molecule has 0 fully saturated rings. The van der Waals surface area contributed by atoms with Gasteiger partial charge in [-0.3, -0.25) is 4.79 Å². The minimum atomic E-state index is -0.163. The van der Waals surface area contributed by atoms with E-state index in [2.05, 4.69) is 10.5 Å². The summed E-state index contributed by atoms with van der Waals surface area (Å²) in [5, 5.41) is 5.53. The first kappa shape index (κ1) is 9.64. The molecular formula is C10H10N2O3. The summed E-state index contributed by atoms with van der Waals surface area (Å²) >= 11 is 0. The first-order valence-corrected chi connectivity index (χ1v) is 4.58. The number of nitrogens with one attached hydrogen (secondary N) is 1. The van der Waals surface area contributed by atoms with Crippen molar-refractivity contribution in [3.63, 3.8) is 0 Å². The summed E-state index contributed by atoms with van der Waals surface area (Å²) in [4.78, 5) is 22.0. The Bertz CT molecular complexity index is 429. The second-order valence-electron chi connectivity index (χ2n) is 3.28. The summed E-state index contributed by atoms with van der Waals surface area (Å²) in [5.41, 5.74) is 1.56. The molecule has 15 heavy (non-hydrogen) atoms. The van der Waals surface area contributed by atoms with Crippen LogP contribution in [0.25, 0.3) is 0 Å². The fraction of sp³-hybridized carbons (Fsp3) is 0.300. The summed E-state index contributed by atoms with van der Waals surface area (Å²) in [6.07, 6.45) is 0.747. The van der Waals surface area contributed by atoms with E-state index in [-0.39, 0.29) is 11.6 Å². The lowest BCUT2D eigenvalue weighted by molar-refractivity contribution is 0.0946. The van der Waals surface area contributed by atoms with Crippen LogP contribution in [0, 0.1) is 4.91 Å². The Labute approximate surface area is 86.4 Å². The molecule has 5 heteroatoms. The van der Waals surface area contributed by atoms with E-state index in [4.69, 9.17) is 4.74 Å². The summed E-state index contributed by atoms with van der Waals surface area (Å²) in [7, 11) is 1.47. The van der Waals surface area contributed by atoms with Crippen LogP contribution in [-0.4, -0.2) is 19.6 Å². The molecule has 1 aliphatic heterocycles. The summed E-state index contributed by atoms with van der Waals surface area (Å²) in [6.45, 7) is 0.614. The molecule has 1 aromatic carbocycles. The molecule has 0 atom stereocenters. The van der Waals surface area contributed by atoms with Crippen molar-refractivity contribution in [1.82, 2.24) is 5.32 Å². The van der Waals surface area contributed by atoms with E-state index in [0.29, 0.717) is 17.9 Å². The molecule has 1 N–H and O–H groups in total. The number of ether oxygens (including phenoxy) is 1. The minimum Gasteiger partial charge on any atom is -0.494 e. The van der Waals surface area contributed by atoms with E-state index >= 15 is 0 Å². The molecule has 0 saturated heterocycles. The van der Waals surface area contributed by atoms with E-state index in [9.17, 15) is 9.70 Å². The van der Waals surface area contributed by atoms with Crippen LogP contribution in [0.2, 0.25) is 0 Å². The molecule has 1 aliphatic rings. The zero-order valence-corrected chi connectivity index (χ0v) is 8.24. The number of hydrogen-bond acceptors (Lipinski definition) is 4. The highest BCUT2D eigenvalue weighted by molar-refractivity contribution is 5.98. The van der Waals surface area contributed by atoms with Crippen LogP contribution in [0.1, 0.15) is 15.9 Å². The molecule has 1 heterocycles. The van der Waals surface area contributed by atoms with Gasteiger partial charge in [-0.05, 0) is 29.3 Å². The molecule has 78 valence electrons. The molecule has 1 amide bonds. The zero-order chi connectivity index (χ0) is 10.8. The Morgan fingerprint density at radius 2 is 2.27 bits per heavy atom. The number of nitrogens with zero attached hydrogens (tertiary/aromatic N) is 1. The van der Waals surface area contributed by atoms with E-state index in [1.165, 1.54) is 13.2 Å². The minimum absolute atomic E-state index is 0.160. The predicted octanol–water partition coefficient (Wildman–Crippen LogP) is 1.38. The average Bonchev–Trinajstić information content (AvgIpc) is 2.28. The van der Waals surface area contributed by atoms with E-state index in [0.717, 1.165) is 12.0 Å². The number of fused-ring (bicyclic) bond motifs is 1. The lowest BCUT2D eigenvalue weighted by atomic mass is 9.99. The topological polar surface area (TPSA) is 67.8 Å². The number of carbonyl (C=O) groups is 1. The Hall–Kier alpha value is -1.91. The van der Waals surface area contributed by atoms with Gasteiger partial charge in [0.25, 0.3) is 5.91 Å². The van der Waals surface area contributed by atoms with Gasteiger partial charge in [0.2, 0.25) is 0 Å². The number of benzene rings is 1. The van der Waals surface area contributed by atoms with E-state index in [1.807, 2.05) is 0 Å². The molecule has 1 aromatic rings. The van der Waals surface area contributed by atoms with E-state index < -0.39 is 0 Å². The van der Waals surface area contributed by atoms with Crippen molar-refractivity contribution in [2.24, 2.45) is 5.18 Å². The van der Waals surface area contributed by atoms with Gasteiger partial charge in [0.05, 0.1) is 7.11 Å². The largest absolute Gasteiger partial charge is 0.494 e. The van der Waals surface area contributed by atoms with Gasteiger partial charge in [0, 0.05) is 12.1 Å². The molecular weight excluding hydrogens is 196 g/mol. The standard InChI is InChI=1S/C10H10N2O3/c1-15-9-4-6-2-3-11-10(13)7(6)5-8(9)12-14/h4-5H,2-3H2,1H3,(H,11,13). The smallest absolute Gasteiger partial charge is 0.251 e. The maximum Gasteiger partial charge on any atom is 0.251 e. The third-order valence-corrected chi connectivity index (χ3v) is 2.43. The van der Waals surface area contributed by atoms with Gasteiger partial charge in [-0.1, -0.05) is 0 Å². The maximum absolute atomic E-state index is 11.5. The highest BCUT2D eigenvalue weighted by Gasteiger charge is 2.19. The van der Waals surface area contributed by atoms with Crippen molar-refractivity contribution in [1.29, 1.82) is 0 Å². The fourth-order valence-electron chi connectivity index (χ4n) is 1.67. The van der Waals surface area contributed by atoms with Gasteiger partial charge in [-0.15, -0.1) is 4.91 Å². The number of amides is 1. The average molecular weight is 206 g/mol. The highest BCUT2D eigenvalue weighted by atomic mass is 16.5. The van der Waals surface area contributed by atoms with Crippen LogP contribution >= 0.6 is 0 Å². The Kier molecular flexibility index (Phi) is 2.37. The first-order valence-electron chi connectivity index (χ1n) is 4.58. The first-order chi connectivity index (χ1) is 7.26. The molecule has 0 saturated carbocycles. The fourth-order valence-corrected chi connectivity index (χ4v) is 1.67. The van der Waals surface area contributed by atoms with E-state index in [1.54, 1.807) is 6.07 Å². The van der Waals surface area contributed by atoms with Crippen LogP contribution in [0.5, 0.6) is 5.75 Å². The number of rotatable bonds is 2. The van der Waals surface area contributed by atoms with Gasteiger partial charge in [-0.2, -0.15) is 0 Å². The van der Waals surface area contributed by atoms with Crippen LogP contribution in [-0.2, 0) is 6.42 Å². The Morgan fingerprint density at radius 3 is 2.93 bits per heavy atom. The molecule has 0 bridgehead atoms. The van der Waals surface area contributed by atoms with Crippen LogP contribution < -0.4 is 10.1 Å². The molecule has 0 aliphatic carbocycles. The zero-order valence-electron chi connectivity index (χ0n) is 8.24. The summed E-state index contributed by atoms with van der Waals surface area (Å²) < 4.78 is 5.01. The lowest BCUT2D eigenvalue weighted by Gasteiger charge is -2.17. The number of carbonyl (C=O) groups excluding carboxylic acids is 1. The second kappa shape index (κ2) is 3.68. The quantitative estimate of drug-likeness (QED) is 0.743. The number of methoxy groups -OCH3 is 1. The van der Waals surface area contributed by atoms with Gasteiger partial charge in [0.1, 0.15) is 5.75 Å². The third-order valence-electron chi connectivity index (χ3n) is 2.43. The van der Waals surface area contributed by atoms with Gasteiger partial charge in [-0.25, -0.2) is 0 Å². The molecule has 0 aromatic heterocycles. The monoisotopic (exact) mass is 206 g/mol. The normalized spacial score (nSPS) is 14.1. The SMILES string of the molecule is COc1cc2c(cc1N=O)C(=O)NCC2. The number of hydrogen-bond donors (Lipinski definition) is 1. The highest BCUT2D eigenvalue weighted by Crippen LogP contribution is 2.31. The molecule has 0 radical (unpaired) electrons. The number of nitroso groups, excluding NO2 is 1. The van der Waals surface area contributed by atoms with Crippen LogP contribution in [0.4, 0.5) is 5.69 Å². The molecule has 0 unspecified atom stereocenters. The lowest BCUT2D eigenvalue weighted by Crippen LogP contribution is -2.31. The summed E-state index contributed by atoms with van der Waals surface area (Å²) in [6, 6.07) is 3.17. The van der Waals surface area contributed by atoms with Crippen molar-refractivity contribution in [2.75, 3.05) is 13.7 Å². The van der Waals surface area contributed by atoms with Crippen molar-refractivity contribution < 1.29 is 9.53 Å². The molecule has 0 spiro atoms. The third kappa shape index (κ3) is 1.56. The Morgan fingerprint density at radius 1 is 1.47 bits per heavy atom. The van der Waals surface area contributed by atoms with Crippen molar-refractivity contribution in [3.05, 3.63) is 28.2 Å². The van der Waals surface area contributed by atoms with Crippen LogP contribution in [0.3, 0.4) is 0 Å². The van der Waals surface area contributed by atoms with Gasteiger partial charge in [0.15, 0.2) is 5.69 Å². The van der Waals surface area contributed by atoms with Gasteiger partial charge >= 0.3 is 0 Å². The van der Waals surface area contributed by atoms with Crippen molar-refractivity contribution in [3.8, 4) is 5.75 Å². The second-order valence-corrected chi connectivity index (χ2v) is 3.28. The van der Waals surface area contributed by atoms with Crippen LogP contribution in [0.15, 0.2) is 17.3 Å². The van der Waals surface area contributed by atoms with Gasteiger partial charge < -0.3 is 10.1 Å². The summed E-state index contributed by atoms with van der Waals surface area (Å²) in [5.74, 6) is 0.252. The molecule has 5 nitrogen and oxygen atoms in total. The Balaban J connectivity index is 2.58.